The smallest absolute Gasteiger partial charge is 0.338 e. The van der Waals surface area contributed by atoms with E-state index in [4.69, 9.17) is 32.9 Å². The number of nitrogens with one attached hydrogen (secondary N) is 1. The molecule has 3 aliphatic rings. The Hall–Kier alpha value is -4.04. The van der Waals surface area contributed by atoms with Gasteiger partial charge in [-0.3, -0.25) is 14.8 Å². The van der Waals surface area contributed by atoms with E-state index in [-0.39, 0.29) is 18.7 Å². The number of aromatic carboxylic acids is 1. The Kier molecular flexibility index (Phi) is 9.27. The molecule has 2 N–H and O–H groups in total. The van der Waals surface area contributed by atoms with Crippen molar-refractivity contribution < 1.29 is 28.6 Å². The quantitative estimate of drug-likeness (QED) is 0.311. The molecule has 0 unspecified atom stereocenters. The van der Waals surface area contributed by atoms with Crippen molar-refractivity contribution in [3.05, 3.63) is 91.2 Å². The maximum atomic E-state index is 14.5. The second-order valence-corrected chi connectivity index (χ2v) is 12.7. The summed E-state index contributed by atoms with van der Waals surface area (Å²) in [6.45, 7) is 3.96. The summed E-state index contributed by atoms with van der Waals surface area (Å²) in [5.74, 6) is -2.24. The van der Waals surface area contributed by atoms with Crippen LogP contribution in [-0.2, 0) is 16.0 Å². The Morgan fingerprint density at radius 2 is 2.00 bits per heavy atom. The van der Waals surface area contributed by atoms with Crippen molar-refractivity contribution >= 4 is 64.0 Å². The number of carbonyl (C=O) groups is 3. The summed E-state index contributed by atoms with van der Waals surface area (Å²) < 4.78 is 20.0. The van der Waals surface area contributed by atoms with E-state index in [0.717, 1.165) is 17.7 Å². The fraction of sp³-hybridized carbons (Fsp3) is 0.323. The van der Waals surface area contributed by atoms with Crippen LogP contribution in [0.15, 0.2) is 64.2 Å². The normalized spacial score (nSPS) is 20.0. The summed E-state index contributed by atoms with van der Waals surface area (Å²) >= 11 is 14.1. The van der Waals surface area contributed by atoms with Gasteiger partial charge in [-0.25, -0.2) is 23.8 Å². The SMILES string of the molecule is CCOC(=O)C1=C(CN2CCN3C(=O)N(c4ccc(C(=O)O)c(F)c4)C[C@@H]3C2)NC(c2nccs2)=N[C@H]1Cc1ccc(Cl)cc1Cl. The van der Waals surface area contributed by atoms with Gasteiger partial charge in [-0.05, 0) is 42.8 Å². The molecule has 3 aliphatic heterocycles. The zero-order valence-electron chi connectivity index (χ0n) is 24.6. The number of amidine groups is 1. The molecule has 240 valence electrons. The topological polar surface area (TPSA) is 128 Å². The summed E-state index contributed by atoms with van der Waals surface area (Å²) in [6.07, 6.45) is 2.00. The molecule has 0 bridgehead atoms. The van der Waals surface area contributed by atoms with Crippen LogP contribution in [-0.4, -0.2) is 95.1 Å². The lowest BCUT2D eigenvalue weighted by Crippen LogP contribution is -2.53. The highest BCUT2D eigenvalue weighted by Gasteiger charge is 2.42. The zero-order chi connectivity index (χ0) is 32.5. The van der Waals surface area contributed by atoms with Crippen LogP contribution in [0, 0.1) is 5.82 Å². The minimum atomic E-state index is -1.38. The summed E-state index contributed by atoms with van der Waals surface area (Å²) in [7, 11) is 0. The molecule has 6 rings (SSSR count). The second-order valence-electron chi connectivity index (χ2n) is 11.0. The predicted molar refractivity (Wildman–Crippen MR) is 172 cm³/mol. The molecule has 3 aromatic rings. The number of carbonyl (C=O) groups excluding carboxylic acids is 2. The molecule has 4 heterocycles. The number of aliphatic imine (C=N–C) groups is 1. The number of halogens is 3. The first-order chi connectivity index (χ1) is 22.1. The third-order valence-electron chi connectivity index (χ3n) is 8.08. The molecule has 0 spiro atoms. The number of carboxylic acids is 1. The number of carboxylic acid groups (broad SMARTS) is 1. The lowest BCUT2D eigenvalue weighted by molar-refractivity contribution is -0.138. The molecule has 2 amide bonds. The molecule has 46 heavy (non-hydrogen) atoms. The van der Waals surface area contributed by atoms with Crippen LogP contribution in [0.25, 0.3) is 0 Å². The second kappa shape index (κ2) is 13.4. The number of nitrogens with zero attached hydrogens (tertiary/aromatic N) is 5. The predicted octanol–water partition coefficient (Wildman–Crippen LogP) is 4.69. The van der Waals surface area contributed by atoms with E-state index >= 15 is 0 Å². The fourth-order valence-corrected chi connectivity index (χ4v) is 7.02. The summed E-state index contributed by atoms with van der Waals surface area (Å²) in [5, 5.41) is 16.0. The first-order valence-electron chi connectivity index (χ1n) is 14.5. The number of piperazine rings is 1. The van der Waals surface area contributed by atoms with Crippen LogP contribution in [0.3, 0.4) is 0 Å². The van der Waals surface area contributed by atoms with Crippen molar-refractivity contribution in [1.29, 1.82) is 0 Å². The molecule has 11 nitrogen and oxygen atoms in total. The minimum absolute atomic E-state index is 0.180. The van der Waals surface area contributed by atoms with Crippen LogP contribution in [0.5, 0.6) is 0 Å². The molecule has 0 aliphatic carbocycles. The zero-order valence-corrected chi connectivity index (χ0v) is 26.9. The Balaban J connectivity index is 1.27. The van der Waals surface area contributed by atoms with Gasteiger partial charge in [0.05, 0.1) is 29.8 Å². The van der Waals surface area contributed by atoms with Crippen molar-refractivity contribution in [2.24, 2.45) is 4.99 Å². The van der Waals surface area contributed by atoms with E-state index in [0.29, 0.717) is 77.0 Å². The highest BCUT2D eigenvalue weighted by Crippen LogP contribution is 2.31. The molecule has 0 saturated carbocycles. The fourth-order valence-electron chi connectivity index (χ4n) is 5.95. The molecular formula is C31H29Cl2FN6O5S. The molecule has 2 saturated heterocycles. The average molecular weight is 688 g/mol. The van der Waals surface area contributed by atoms with Crippen LogP contribution in [0.2, 0.25) is 10.0 Å². The molecular weight excluding hydrogens is 658 g/mol. The van der Waals surface area contributed by atoms with Gasteiger partial charge in [0.1, 0.15) is 5.82 Å². The van der Waals surface area contributed by atoms with Crippen molar-refractivity contribution in [2.45, 2.75) is 25.4 Å². The van der Waals surface area contributed by atoms with E-state index in [9.17, 15) is 23.9 Å². The Morgan fingerprint density at radius 3 is 2.70 bits per heavy atom. The van der Waals surface area contributed by atoms with E-state index in [1.165, 1.54) is 22.3 Å². The first-order valence-corrected chi connectivity index (χ1v) is 16.2. The van der Waals surface area contributed by atoms with Gasteiger partial charge in [0.15, 0.2) is 10.8 Å². The van der Waals surface area contributed by atoms with Crippen LogP contribution < -0.4 is 10.2 Å². The van der Waals surface area contributed by atoms with Crippen molar-refractivity contribution in [1.82, 2.24) is 20.1 Å². The largest absolute Gasteiger partial charge is 0.478 e. The highest BCUT2D eigenvalue weighted by atomic mass is 35.5. The van der Waals surface area contributed by atoms with Gasteiger partial charge in [0, 0.05) is 72.2 Å². The molecule has 2 fully saturated rings. The maximum Gasteiger partial charge on any atom is 0.338 e. The van der Waals surface area contributed by atoms with Crippen molar-refractivity contribution in [3.63, 3.8) is 0 Å². The lowest BCUT2D eigenvalue weighted by Gasteiger charge is -2.38. The van der Waals surface area contributed by atoms with Gasteiger partial charge in [-0.2, -0.15) is 0 Å². The van der Waals surface area contributed by atoms with Gasteiger partial charge in [-0.15, -0.1) is 11.3 Å². The number of hydrogen-bond donors (Lipinski definition) is 2. The number of thiazole rings is 1. The van der Waals surface area contributed by atoms with Gasteiger partial charge in [0.25, 0.3) is 0 Å². The summed E-state index contributed by atoms with van der Waals surface area (Å²) in [4.78, 5) is 52.7. The summed E-state index contributed by atoms with van der Waals surface area (Å²) in [6, 6.07) is 7.78. The third-order valence-corrected chi connectivity index (χ3v) is 9.45. The van der Waals surface area contributed by atoms with Crippen LogP contribution in [0.1, 0.15) is 27.9 Å². The van der Waals surface area contributed by atoms with Crippen molar-refractivity contribution in [2.75, 3.05) is 44.2 Å². The molecule has 1 aromatic heterocycles. The first kappa shape index (κ1) is 31.9. The summed E-state index contributed by atoms with van der Waals surface area (Å²) in [5.41, 5.74) is 1.61. The number of amides is 2. The molecule has 0 radical (unpaired) electrons. The number of aromatic nitrogens is 1. The Morgan fingerprint density at radius 1 is 1.17 bits per heavy atom. The Bertz CT molecular complexity index is 1750. The van der Waals surface area contributed by atoms with Crippen LogP contribution >= 0.6 is 34.5 Å². The number of urea groups is 1. The number of anilines is 1. The van der Waals surface area contributed by atoms with E-state index < -0.39 is 29.4 Å². The molecule has 2 atom stereocenters. The number of ether oxygens (including phenoxy) is 1. The number of benzene rings is 2. The lowest BCUT2D eigenvalue weighted by atomic mass is 9.95. The van der Waals surface area contributed by atoms with Gasteiger partial charge in [-0.1, -0.05) is 29.3 Å². The van der Waals surface area contributed by atoms with Gasteiger partial charge in [0.2, 0.25) is 0 Å². The maximum absolute atomic E-state index is 14.5. The van der Waals surface area contributed by atoms with Crippen LogP contribution in [0.4, 0.5) is 14.9 Å². The number of rotatable bonds is 9. The highest BCUT2D eigenvalue weighted by molar-refractivity contribution is 7.11. The monoisotopic (exact) mass is 686 g/mol. The number of hydrogen-bond acceptors (Lipinski definition) is 9. The van der Waals surface area contributed by atoms with Crippen molar-refractivity contribution in [3.8, 4) is 0 Å². The van der Waals surface area contributed by atoms with Gasteiger partial charge >= 0.3 is 18.0 Å². The van der Waals surface area contributed by atoms with E-state index in [1.54, 1.807) is 30.2 Å². The van der Waals surface area contributed by atoms with E-state index in [1.807, 2.05) is 11.4 Å². The van der Waals surface area contributed by atoms with E-state index in [2.05, 4.69) is 15.2 Å². The molecule has 15 heteroatoms. The third kappa shape index (κ3) is 6.45. The standard InChI is InChI=1S/C31H29Cl2FN6O5S/c1-2-45-30(43)26-24(11-17-3-4-18(32)12-22(17)33)36-27(28-35-7-10-46-28)37-25(26)16-38-8-9-39-20(14-38)15-40(31(39)44)19-5-6-21(29(41)42)23(34)13-19/h3-7,10,12-13,20,24H,2,8-9,11,14-16H2,1H3,(H,36,37)(H,41,42)/t20-,24-/m0/s1. The minimum Gasteiger partial charge on any atom is -0.478 e. The van der Waals surface area contributed by atoms with Gasteiger partial charge < -0.3 is 20.1 Å². The average Bonchev–Trinajstić information content (AvgIpc) is 3.67. The number of esters is 1. The Labute approximate surface area is 277 Å². The molecule has 2 aromatic carbocycles. The number of fused-ring (bicyclic) bond motifs is 1.